The lowest BCUT2D eigenvalue weighted by Gasteiger charge is -2.07. The van der Waals surface area contributed by atoms with Crippen LogP contribution in [-0.2, 0) is 6.54 Å². The Kier molecular flexibility index (Phi) is 3.92. The number of carbonyl (C=O) groups is 1. The fourth-order valence-corrected chi connectivity index (χ4v) is 2.20. The van der Waals surface area contributed by atoms with Gasteiger partial charge in [0.2, 0.25) is 0 Å². The van der Waals surface area contributed by atoms with Crippen molar-refractivity contribution in [1.29, 1.82) is 0 Å². The van der Waals surface area contributed by atoms with E-state index in [1.54, 1.807) is 0 Å². The Morgan fingerprint density at radius 3 is 2.54 bits per heavy atom. The van der Waals surface area contributed by atoms with Gasteiger partial charge in [-0.1, -0.05) is 0 Å². The first-order valence-electron chi connectivity index (χ1n) is 6.77. The Morgan fingerprint density at radius 2 is 1.92 bits per heavy atom. The molecule has 5 nitrogen and oxygen atoms in total. The van der Waals surface area contributed by atoms with Gasteiger partial charge >= 0.3 is 6.18 Å². The van der Waals surface area contributed by atoms with Crippen LogP contribution in [0.3, 0.4) is 0 Å². The van der Waals surface area contributed by atoms with E-state index in [2.05, 4.69) is 15.4 Å². The molecule has 1 aromatic carbocycles. The molecule has 124 valence electrons. The molecule has 0 bridgehead atoms. The van der Waals surface area contributed by atoms with Crippen LogP contribution in [-0.4, -0.2) is 27.2 Å². The minimum atomic E-state index is -4.48. The summed E-state index contributed by atoms with van der Waals surface area (Å²) in [7, 11) is 0. The molecule has 2 heterocycles. The molecule has 0 radical (unpaired) electrons. The lowest BCUT2D eigenvalue weighted by atomic mass is 10.2. The van der Waals surface area contributed by atoms with Crippen molar-refractivity contribution in [3.63, 3.8) is 0 Å². The predicted octanol–water partition coefficient (Wildman–Crippen LogP) is 3.69. The maximum atomic E-state index is 12.9. The second-order valence-electron chi connectivity index (χ2n) is 5.00. The smallest absolute Gasteiger partial charge is 0.338 e. The molecule has 0 spiro atoms. The number of carbonyl (C=O) groups excluding carboxylic acids is 1. The minimum Gasteiger partial charge on any atom is -0.338 e. The van der Waals surface area contributed by atoms with Gasteiger partial charge in [-0.25, -0.2) is 4.39 Å². The topological polar surface area (TPSA) is 59.8 Å². The van der Waals surface area contributed by atoms with E-state index in [1.165, 1.54) is 36.5 Å². The summed E-state index contributed by atoms with van der Waals surface area (Å²) in [6, 6.07) is 6.51. The van der Waals surface area contributed by atoms with E-state index in [9.17, 15) is 22.4 Å². The summed E-state index contributed by atoms with van der Waals surface area (Å²) in [6.07, 6.45) is -2.76. The van der Waals surface area contributed by atoms with Crippen LogP contribution in [0.5, 0.6) is 0 Å². The lowest BCUT2D eigenvalue weighted by molar-refractivity contribution is -0.141. The zero-order valence-corrected chi connectivity index (χ0v) is 12.0. The van der Waals surface area contributed by atoms with Crippen molar-refractivity contribution in [2.75, 3.05) is 5.32 Å². The molecule has 1 N–H and O–H groups in total. The summed E-state index contributed by atoms with van der Waals surface area (Å²) in [6.45, 7) is -1.31. The molecule has 0 aliphatic heterocycles. The van der Waals surface area contributed by atoms with Gasteiger partial charge in [0.25, 0.3) is 0 Å². The molecule has 9 heteroatoms. The molecule has 0 unspecified atom stereocenters. The fourth-order valence-electron chi connectivity index (χ4n) is 2.20. The van der Waals surface area contributed by atoms with E-state index in [0.29, 0.717) is 17.4 Å². The van der Waals surface area contributed by atoms with Gasteiger partial charge in [-0.2, -0.15) is 18.3 Å². The number of hydrogen-bond donors (Lipinski definition) is 1. The monoisotopic (exact) mass is 338 g/mol. The molecule has 0 amide bonds. The van der Waals surface area contributed by atoms with Gasteiger partial charge in [0.05, 0.1) is 10.9 Å². The largest absolute Gasteiger partial charge is 0.408 e. The number of anilines is 2. The van der Waals surface area contributed by atoms with Crippen LogP contribution in [0.2, 0.25) is 0 Å². The third-order valence-corrected chi connectivity index (χ3v) is 3.21. The summed E-state index contributed by atoms with van der Waals surface area (Å²) in [5.74, 6) is -0.309. The van der Waals surface area contributed by atoms with E-state index < -0.39 is 18.5 Å². The molecule has 0 saturated heterocycles. The van der Waals surface area contributed by atoms with Gasteiger partial charge in [0.1, 0.15) is 18.1 Å². The highest BCUT2D eigenvalue weighted by atomic mass is 19.4. The number of rotatable bonds is 4. The molecule has 0 aliphatic rings. The molecule has 3 aromatic rings. The minimum absolute atomic E-state index is 0.000781. The van der Waals surface area contributed by atoms with Crippen molar-refractivity contribution >= 4 is 28.7 Å². The molecule has 0 atom stereocenters. The first-order chi connectivity index (χ1) is 11.4. The average molecular weight is 338 g/mol. The number of aldehydes is 1. The molecule has 3 rings (SSSR count). The standard InChI is InChI=1S/C15H10F4N4O/c16-9-1-3-10(4-2-9)21-14-12-6-20-11(7-24)5-13(12)23(22-14)8-15(17,18)19/h1-7H,8H2,(H,21,22). The predicted molar refractivity (Wildman–Crippen MR) is 78.7 cm³/mol. The molecule has 0 saturated carbocycles. The van der Waals surface area contributed by atoms with Crippen molar-refractivity contribution in [1.82, 2.24) is 14.8 Å². The Balaban J connectivity index is 2.06. The highest BCUT2D eigenvalue weighted by Gasteiger charge is 2.30. The highest BCUT2D eigenvalue weighted by molar-refractivity contribution is 5.93. The van der Waals surface area contributed by atoms with Gasteiger partial charge in [0, 0.05) is 11.9 Å². The van der Waals surface area contributed by atoms with Crippen molar-refractivity contribution < 1.29 is 22.4 Å². The Bertz CT molecular complexity index is 887. The van der Waals surface area contributed by atoms with Crippen LogP contribution in [0.15, 0.2) is 36.5 Å². The van der Waals surface area contributed by atoms with Crippen LogP contribution < -0.4 is 5.32 Å². The molecule has 0 fully saturated rings. The number of aromatic nitrogens is 3. The maximum absolute atomic E-state index is 12.9. The number of nitrogens with zero attached hydrogens (tertiary/aromatic N) is 3. The Hall–Kier alpha value is -2.97. The first-order valence-corrected chi connectivity index (χ1v) is 6.77. The first kappa shape index (κ1) is 15.9. The highest BCUT2D eigenvalue weighted by Crippen LogP contribution is 2.28. The summed E-state index contributed by atoms with van der Waals surface area (Å²) in [5, 5.41) is 7.04. The van der Waals surface area contributed by atoms with Crippen LogP contribution >= 0.6 is 0 Å². The Labute approximate surface area is 132 Å². The van der Waals surface area contributed by atoms with Crippen LogP contribution in [0.25, 0.3) is 10.9 Å². The van der Waals surface area contributed by atoms with Crippen molar-refractivity contribution in [2.24, 2.45) is 0 Å². The zero-order valence-electron chi connectivity index (χ0n) is 12.0. The lowest BCUT2D eigenvalue weighted by Crippen LogP contribution is -2.18. The second-order valence-corrected chi connectivity index (χ2v) is 5.00. The van der Waals surface area contributed by atoms with Crippen LogP contribution in [0, 0.1) is 5.82 Å². The number of benzene rings is 1. The van der Waals surface area contributed by atoms with Crippen LogP contribution in [0.1, 0.15) is 10.5 Å². The zero-order chi connectivity index (χ0) is 17.3. The second kappa shape index (κ2) is 5.91. The average Bonchev–Trinajstić information content (AvgIpc) is 2.85. The van der Waals surface area contributed by atoms with Gasteiger partial charge in [-0.15, -0.1) is 0 Å². The van der Waals surface area contributed by atoms with Gasteiger partial charge in [0.15, 0.2) is 12.1 Å². The van der Waals surface area contributed by atoms with E-state index in [4.69, 9.17) is 0 Å². The number of hydrogen-bond acceptors (Lipinski definition) is 4. The summed E-state index contributed by atoms with van der Waals surface area (Å²) >= 11 is 0. The third-order valence-electron chi connectivity index (χ3n) is 3.21. The summed E-state index contributed by atoms with van der Waals surface area (Å²) in [5.41, 5.74) is 0.572. The molecule has 2 aromatic heterocycles. The van der Waals surface area contributed by atoms with Crippen molar-refractivity contribution in [3.05, 3.63) is 48.0 Å². The van der Waals surface area contributed by atoms with E-state index >= 15 is 0 Å². The fraction of sp³-hybridized carbons (Fsp3) is 0.133. The van der Waals surface area contributed by atoms with Crippen molar-refractivity contribution in [3.8, 4) is 0 Å². The van der Waals surface area contributed by atoms with E-state index in [-0.39, 0.29) is 17.0 Å². The number of nitrogens with one attached hydrogen (secondary N) is 1. The van der Waals surface area contributed by atoms with Crippen LogP contribution in [0.4, 0.5) is 29.1 Å². The molecular formula is C15H10F4N4O. The molecular weight excluding hydrogens is 328 g/mol. The number of fused-ring (bicyclic) bond motifs is 1. The van der Waals surface area contributed by atoms with E-state index in [1.807, 2.05) is 0 Å². The number of pyridine rings is 1. The quantitative estimate of drug-likeness (QED) is 0.582. The normalized spacial score (nSPS) is 11.7. The van der Waals surface area contributed by atoms with E-state index in [0.717, 1.165) is 4.68 Å². The van der Waals surface area contributed by atoms with Gasteiger partial charge in [-0.05, 0) is 30.3 Å². The summed E-state index contributed by atoms with van der Waals surface area (Å²) in [4.78, 5) is 14.7. The van der Waals surface area contributed by atoms with Crippen molar-refractivity contribution in [2.45, 2.75) is 12.7 Å². The third kappa shape index (κ3) is 3.34. The SMILES string of the molecule is O=Cc1cc2c(cn1)c(Nc1ccc(F)cc1)nn2CC(F)(F)F. The Morgan fingerprint density at radius 1 is 1.21 bits per heavy atom. The number of halogens is 4. The molecule has 24 heavy (non-hydrogen) atoms. The number of alkyl halides is 3. The van der Waals surface area contributed by atoms with Gasteiger partial charge < -0.3 is 5.32 Å². The maximum Gasteiger partial charge on any atom is 0.408 e. The van der Waals surface area contributed by atoms with Gasteiger partial charge in [-0.3, -0.25) is 14.5 Å². The molecule has 0 aliphatic carbocycles. The summed E-state index contributed by atoms with van der Waals surface area (Å²) < 4.78 is 51.9.